The number of hydrogen-bond donors (Lipinski definition) is 1. The number of rotatable bonds is 2. The molecule has 0 fully saturated rings. The van der Waals surface area contributed by atoms with Crippen LogP contribution in [0.25, 0.3) is 0 Å². The third kappa shape index (κ3) is 3.08. The Morgan fingerprint density at radius 1 is 1.11 bits per heavy atom. The van der Waals surface area contributed by atoms with Gasteiger partial charge in [-0.2, -0.15) is 22.0 Å². The second kappa shape index (κ2) is 5.36. The lowest BCUT2D eigenvalue weighted by molar-refractivity contribution is -0.291. The molecule has 18 heavy (non-hydrogen) atoms. The molecule has 0 saturated heterocycles. The van der Waals surface area contributed by atoms with Gasteiger partial charge in [0.15, 0.2) is 0 Å². The molecule has 0 saturated carbocycles. The molecule has 1 nitrogen and oxygen atoms in total. The van der Waals surface area contributed by atoms with Gasteiger partial charge in [-0.3, -0.25) is 0 Å². The lowest BCUT2D eigenvalue weighted by Crippen LogP contribution is -2.45. The standard InChI is InChI=1S/C10H9F6N.ClH/c1-5-2-3-6(4-7(5)11)8(17)9(12,13)10(14,15)16;/h2-4,8H,17H2,1H3;1H/t8-;/m1./s1. The average Bonchev–Trinajstić information content (AvgIpc) is 2.19. The summed E-state index contributed by atoms with van der Waals surface area (Å²) in [5.41, 5.74) is 4.38. The van der Waals surface area contributed by atoms with Crippen LogP contribution in [0, 0.1) is 12.7 Å². The highest BCUT2D eigenvalue weighted by Crippen LogP contribution is 2.43. The zero-order valence-corrected chi connectivity index (χ0v) is 9.88. The van der Waals surface area contributed by atoms with E-state index in [0.29, 0.717) is 6.07 Å². The molecule has 8 heteroatoms. The predicted octanol–water partition coefficient (Wildman–Crippen LogP) is 3.75. The molecule has 0 amide bonds. The van der Waals surface area contributed by atoms with Gasteiger partial charge in [0.2, 0.25) is 0 Å². The van der Waals surface area contributed by atoms with E-state index in [9.17, 15) is 26.3 Å². The molecule has 0 heterocycles. The van der Waals surface area contributed by atoms with Gasteiger partial charge in [0.1, 0.15) is 11.9 Å². The predicted molar refractivity (Wildman–Crippen MR) is 56.3 cm³/mol. The smallest absolute Gasteiger partial charge is 0.319 e. The number of aryl methyl sites for hydroxylation is 1. The van der Waals surface area contributed by atoms with Crippen LogP contribution in [0.5, 0.6) is 0 Å². The van der Waals surface area contributed by atoms with E-state index in [-0.39, 0.29) is 18.0 Å². The Bertz CT molecular complexity index is 417. The lowest BCUT2D eigenvalue weighted by atomic mass is 9.99. The van der Waals surface area contributed by atoms with E-state index < -0.39 is 29.5 Å². The van der Waals surface area contributed by atoms with Gasteiger partial charge in [-0.1, -0.05) is 12.1 Å². The molecule has 0 aromatic heterocycles. The van der Waals surface area contributed by atoms with Crippen LogP contribution in [0.2, 0.25) is 0 Å². The molecule has 0 unspecified atom stereocenters. The monoisotopic (exact) mass is 293 g/mol. The number of benzene rings is 1. The van der Waals surface area contributed by atoms with E-state index in [1.807, 2.05) is 0 Å². The maximum atomic E-state index is 13.0. The van der Waals surface area contributed by atoms with Crippen molar-refractivity contribution in [1.82, 2.24) is 0 Å². The van der Waals surface area contributed by atoms with Gasteiger partial charge in [0.25, 0.3) is 0 Å². The molecule has 0 bridgehead atoms. The van der Waals surface area contributed by atoms with Crippen molar-refractivity contribution in [1.29, 1.82) is 0 Å². The third-order valence-corrected chi connectivity index (χ3v) is 2.32. The molecule has 1 aromatic rings. The molecule has 1 aromatic carbocycles. The summed E-state index contributed by atoms with van der Waals surface area (Å²) in [5.74, 6) is -5.98. The first-order chi connectivity index (χ1) is 7.57. The molecule has 104 valence electrons. The number of alkyl halides is 5. The van der Waals surface area contributed by atoms with E-state index in [1.54, 1.807) is 0 Å². The van der Waals surface area contributed by atoms with Gasteiger partial charge in [0.05, 0.1) is 0 Å². The van der Waals surface area contributed by atoms with Gasteiger partial charge in [-0.25, -0.2) is 4.39 Å². The molecule has 2 N–H and O–H groups in total. The molecule has 0 aliphatic carbocycles. The number of hydrogen-bond acceptors (Lipinski definition) is 1. The fraction of sp³-hybridized carbons (Fsp3) is 0.400. The minimum Gasteiger partial charge on any atom is -0.319 e. The van der Waals surface area contributed by atoms with Gasteiger partial charge < -0.3 is 5.73 Å². The number of halogens is 7. The molecule has 0 spiro atoms. The Kier molecular flexibility index (Phi) is 5.07. The highest BCUT2D eigenvalue weighted by atomic mass is 35.5. The van der Waals surface area contributed by atoms with Gasteiger partial charge in [-0.05, 0) is 24.1 Å². The van der Waals surface area contributed by atoms with Crippen LogP contribution in [-0.2, 0) is 0 Å². The molecule has 1 atom stereocenters. The summed E-state index contributed by atoms with van der Waals surface area (Å²) in [6.07, 6.45) is -5.77. The first-order valence-corrected chi connectivity index (χ1v) is 4.53. The molecule has 0 aliphatic heterocycles. The van der Waals surface area contributed by atoms with E-state index in [4.69, 9.17) is 5.73 Å². The van der Waals surface area contributed by atoms with Crippen LogP contribution in [0.4, 0.5) is 26.3 Å². The normalized spacial score (nSPS) is 14.0. The van der Waals surface area contributed by atoms with E-state index in [0.717, 1.165) is 12.1 Å². The van der Waals surface area contributed by atoms with Crippen LogP contribution in [-0.4, -0.2) is 12.1 Å². The molecular weight excluding hydrogens is 284 g/mol. The van der Waals surface area contributed by atoms with Crippen LogP contribution in [0.1, 0.15) is 17.2 Å². The third-order valence-electron chi connectivity index (χ3n) is 2.32. The van der Waals surface area contributed by atoms with Crippen LogP contribution in [0.15, 0.2) is 18.2 Å². The Morgan fingerprint density at radius 2 is 1.61 bits per heavy atom. The summed E-state index contributed by atoms with van der Waals surface area (Å²) in [5, 5.41) is 0. The Hall–Kier alpha value is -0.950. The minimum atomic E-state index is -5.77. The largest absolute Gasteiger partial charge is 0.455 e. The highest BCUT2D eigenvalue weighted by Gasteiger charge is 2.61. The second-order valence-electron chi connectivity index (χ2n) is 3.61. The van der Waals surface area contributed by atoms with Crippen LogP contribution < -0.4 is 5.73 Å². The first kappa shape index (κ1) is 17.1. The topological polar surface area (TPSA) is 26.0 Å². The van der Waals surface area contributed by atoms with Gasteiger partial charge in [-0.15, -0.1) is 12.4 Å². The molecule has 0 aliphatic rings. The maximum Gasteiger partial charge on any atom is 0.455 e. The summed E-state index contributed by atoms with van der Waals surface area (Å²) in [4.78, 5) is 0. The van der Waals surface area contributed by atoms with Crippen LogP contribution >= 0.6 is 12.4 Å². The Labute approximate surface area is 105 Å². The summed E-state index contributed by atoms with van der Waals surface area (Å²) in [6.45, 7) is 1.35. The van der Waals surface area contributed by atoms with E-state index in [1.165, 1.54) is 6.92 Å². The second-order valence-corrected chi connectivity index (χ2v) is 3.61. The molecule has 0 radical (unpaired) electrons. The average molecular weight is 294 g/mol. The highest BCUT2D eigenvalue weighted by molar-refractivity contribution is 5.85. The van der Waals surface area contributed by atoms with Crippen molar-refractivity contribution in [3.63, 3.8) is 0 Å². The first-order valence-electron chi connectivity index (χ1n) is 4.53. The van der Waals surface area contributed by atoms with Crippen molar-refractivity contribution in [2.75, 3.05) is 0 Å². The summed E-state index contributed by atoms with van der Waals surface area (Å²) in [7, 11) is 0. The summed E-state index contributed by atoms with van der Waals surface area (Å²) in [6, 6.07) is -0.00286. The van der Waals surface area contributed by atoms with Gasteiger partial charge >= 0.3 is 12.1 Å². The van der Waals surface area contributed by atoms with Crippen molar-refractivity contribution in [2.45, 2.75) is 25.1 Å². The van der Waals surface area contributed by atoms with Crippen molar-refractivity contribution in [3.8, 4) is 0 Å². The Morgan fingerprint density at radius 3 is 2.00 bits per heavy atom. The van der Waals surface area contributed by atoms with Crippen molar-refractivity contribution in [2.24, 2.45) is 5.73 Å². The summed E-state index contributed by atoms with van der Waals surface area (Å²) < 4.78 is 74.9. The van der Waals surface area contributed by atoms with Crippen molar-refractivity contribution in [3.05, 3.63) is 35.1 Å². The minimum absolute atomic E-state index is 0. The molecule has 1 rings (SSSR count). The Balaban J connectivity index is 0.00000289. The zero-order chi connectivity index (χ0) is 13.4. The van der Waals surface area contributed by atoms with E-state index >= 15 is 0 Å². The maximum absolute atomic E-state index is 13.0. The van der Waals surface area contributed by atoms with Crippen molar-refractivity contribution >= 4 is 12.4 Å². The zero-order valence-electron chi connectivity index (χ0n) is 9.06. The SMILES string of the molecule is Cc1ccc([C@@H](N)C(F)(F)C(F)(F)F)cc1F.Cl. The van der Waals surface area contributed by atoms with Crippen molar-refractivity contribution < 1.29 is 26.3 Å². The van der Waals surface area contributed by atoms with E-state index in [2.05, 4.69) is 0 Å². The molecular formula is C10H10ClF6N. The fourth-order valence-corrected chi connectivity index (χ4v) is 1.19. The fourth-order valence-electron chi connectivity index (χ4n) is 1.19. The lowest BCUT2D eigenvalue weighted by Gasteiger charge is -2.26. The quantitative estimate of drug-likeness (QED) is 0.826. The van der Waals surface area contributed by atoms with Crippen LogP contribution in [0.3, 0.4) is 0 Å². The van der Waals surface area contributed by atoms with Gasteiger partial charge in [0, 0.05) is 0 Å². The summed E-state index contributed by atoms with van der Waals surface area (Å²) >= 11 is 0. The number of nitrogens with two attached hydrogens (primary N) is 1.